The third-order valence-corrected chi connectivity index (χ3v) is 4.30. The first-order chi connectivity index (χ1) is 8.07. The molecule has 0 aromatic heterocycles. The van der Waals surface area contributed by atoms with Crippen molar-refractivity contribution in [3.05, 3.63) is 0 Å². The van der Waals surface area contributed by atoms with E-state index in [-0.39, 0.29) is 18.5 Å². The van der Waals surface area contributed by atoms with Gasteiger partial charge in [-0.05, 0) is 24.7 Å². The minimum atomic E-state index is -0.355. The Morgan fingerprint density at radius 1 is 1.35 bits per heavy atom. The zero-order valence-corrected chi connectivity index (χ0v) is 11.3. The monoisotopic (exact) mass is 242 g/mol. The van der Waals surface area contributed by atoms with Crippen LogP contribution in [0.25, 0.3) is 0 Å². The molecule has 3 heteroatoms. The average Bonchev–Trinajstić information content (AvgIpc) is 2.61. The predicted molar refractivity (Wildman–Crippen MR) is 66.6 cm³/mol. The number of rotatable bonds is 3. The van der Waals surface area contributed by atoms with E-state index < -0.39 is 0 Å². The molecule has 0 bridgehead atoms. The summed E-state index contributed by atoms with van der Waals surface area (Å²) in [5.41, 5.74) is 0. The molecular formula is C14H26O3. The first kappa shape index (κ1) is 13.3. The summed E-state index contributed by atoms with van der Waals surface area (Å²) in [6.07, 6.45) is 4.28. The summed E-state index contributed by atoms with van der Waals surface area (Å²) < 4.78 is 12.3. The van der Waals surface area contributed by atoms with Crippen molar-refractivity contribution in [2.75, 3.05) is 13.2 Å². The molecule has 1 saturated heterocycles. The molecule has 1 N–H and O–H groups in total. The van der Waals surface area contributed by atoms with Crippen molar-refractivity contribution >= 4 is 0 Å². The summed E-state index contributed by atoms with van der Waals surface area (Å²) in [6, 6.07) is 0. The predicted octanol–water partition coefficient (Wildman–Crippen LogP) is 2.57. The Labute approximate surface area is 104 Å². The maximum absolute atomic E-state index is 9.00. The van der Waals surface area contributed by atoms with Gasteiger partial charge in [0.15, 0.2) is 5.79 Å². The van der Waals surface area contributed by atoms with Gasteiger partial charge in [0.05, 0.1) is 12.7 Å². The fourth-order valence-corrected chi connectivity index (χ4v) is 3.44. The fourth-order valence-electron chi connectivity index (χ4n) is 3.44. The molecule has 0 amide bonds. The van der Waals surface area contributed by atoms with Crippen molar-refractivity contribution in [1.29, 1.82) is 0 Å². The summed E-state index contributed by atoms with van der Waals surface area (Å²) in [5.74, 6) is 1.42. The Kier molecular flexibility index (Phi) is 4.11. The quantitative estimate of drug-likeness (QED) is 0.826. The van der Waals surface area contributed by atoms with E-state index in [2.05, 4.69) is 20.8 Å². The van der Waals surface area contributed by atoms with Gasteiger partial charge in [0.1, 0.15) is 0 Å². The van der Waals surface area contributed by atoms with Gasteiger partial charge < -0.3 is 14.6 Å². The van der Waals surface area contributed by atoms with Crippen LogP contribution in [-0.4, -0.2) is 30.2 Å². The molecule has 0 aromatic rings. The summed E-state index contributed by atoms with van der Waals surface area (Å²) in [5, 5.41) is 9.00. The Balaban J connectivity index is 2.08. The number of aliphatic hydroxyl groups excluding tert-OH is 1. The SMILES string of the molecule is CC1CCC(C(C)C)C2(C1)OCC(CCO)O2. The summed E-state index contributed by atoms with van der Waals surface area (Å²) in [4.78, 5) is 0. The van der Waals surface area contributed by atoms with Gasteiger partial charge in [-0.3, -0.25) is 0 Å². The van der Waals surface area contributed by atoms with Crippen LogP contribution in [0.1, 0.15) is 46.5 Å². The van der Waals surface area contributed by atoms with Gasteiger partial charge in [0.25, 0.3) is 0 Å². The molecule has 100 valence electrons. The van der Waals surface area contributed by atoms with Crippen LogP contribution < -0.4 is 0 Å². The zero-order chi connectivity index (χ0) is 12.5. The van der Waals surface area contributed by atoms with E-state index in [1.54, 1.807) is 0 Å². The van der Waals surface area contributed by atoms with Crippen LogP contribution >= 0.6 is 0 Å². The van der Waals surface area contributed by atoms with Crippen molar-refractivity contribution in [3.8, 4) is 0 Å². The van der Waals surface area contributed by atoms with Crippen LogP contribution in [0.4, 0.5) is 0 Å². The Morgan fingerprint density at radius 2 is 2.12 bits per heavy atom. The summed E-state index contributed by atoms with van der Waals surface area (Å²) in [7, 11) is 0. The summed E-state index contributed by atoms with van der Waals surface area (Å²) in [6.45, 7) is 7.63. The molecule has 1 saturated carbocycles. The molecule has 4 unspecified atom stereocenters. The lowest BCUT2D eigenvalue weighted by Crippen LogP contribution is -2.46. The average molecular weight is 242 g/mol. The second kappa shape index (κ2) is 5.25. The highest BCUT2D eigenvalue weighted by Gasteiger charge is 2.51. The van der Waals surface area contributed by atoms with Gasteiger partial charge in [0.2, 0.25) is 0 Å². The van der Waals surface area contributed by atoms with Gasteiger partial charge in [-0.15, -0.1) is 0 Å². The molecule has 17 heavy (non-hydrogen) atoms. The fraction of sp³-hybridized carbons (Fsp3) is 1.00. The zero-order valence-electron chi connectivity index (χ0n) is 11.3. The topological polar surface area (TPSA) is 38.7 Å². The smallest absolute Gasteiger partial charge is 0.172 e. The van der Waals surface area contributed by atoms with Gasteiger partial charge in [-0.1, -0.05) is 27.2 Å². The molecule has 2 rings (SSSR count). The normalized spacial score (nSPS) is 42.5. The lowest BCUT2D eigenvalue weighted by atomic mass is 9.73. The van der Waals surface area contributed by atoms with Crippen LogP contribution in [0.5, 0.6) is 0 Å². The number of ether oxygens (including phenoxy) is 2. The molecule has 1 aliphatic carbocycles. The standard InChI is InChI=1S/C14H26O3/c1-10(2)13-5-4-11(3)8-14(13)16-9-12(17-14)6-7-15/h10-13,15H,4-9H2,1-3H3. The summed E-state index contributed by atoms with van der Waals surface area (Å²) >= 11 is 0. The van der Waals surface area contributed by atoms with E-state index in [0.717, 1.165) is 6.42 Å². The van der Waals surface area contributed by atoms with Crippen molar-refractivity contribution < 1.29 is 14.6 Å². The highest BCUT2D eigenvalue weighted by atomic mass is 16.7. The molecule has 1 spiro atoms. The Bertz CT molecular complexity index is 254. The second-order valence-corrected chi connectivity index (χ2v) is 6.11. The van der Waals surface area contributed by atoms with Gasteiger partial charge in [-0.2, -0.15) is 0 Å². The minimum Gasteiger partial charge on any atom is -0.396 e. The van der Waals surface area contributed by atoms with E-state index in [1.807, 2.05) is 0 Å². The third kappa shape index (κ3) is 2.67. The maximum atomic E-state index is 9.00. The largest absolute Gasteiger partial charge is 0.396 e. The van der Waals surface area contributed by atoms with Gasteiger partial charge >= 0.3 is 0 Å². The van der Waals surface area contributed by atoms with E-state index in [0.29, 0.717) is 30.8 Å². The lowest BCUT2D eigenvalue weighted by Gasteiger charge is -2.44. The molecule has 2 aliphatic rings. The molecule has 1 heterocycles. The van der Waals surface area contributed by atoms with E-state index in [9.17, 15) is 0 Å². The minimum absolute atomic E-state index is 0.0894. The third-order valence-electron chi connectivity index (χ3n) is 4.30. The van der Waals surface area contributed by atoms with Crippen molar-refractivity contribution in [2.24, 2.45) is 17.8 Å². The maximum Gasteiger partial charge on any atom is 0.172 e. The van der Waals surface area contributed by atoms with Crippen LogP contribution in [0, 0.1) is 17.8 Å². The van der Waals surface area contributed by atoms with Crippen LogP contribution in [-0.2, 0) is 9.47 Å². The molecule has 0 radical (unpaired) electrons. The van der Waals surface area contributed by atoms with Crippen molar-refractivity contribution in [2.45, 2.75) is 58.3 Å². The highest BCUT2D eigenvalue weighted by molar-refractivity contribution is 4.92. The van der Waals surface area contributed by atoms with Crippen LogP contribution in [0.3, 0.4) is 0 Å². The Hall–Kier alpha value is -0.120. The first-order valence-electron chi connectivity index (χ1n) is 7.00. The Morgan fingerprint density at radius 3 is 2.76 bits per heavy atom. The second-order valence-electron chi connectivity index (χ2n) is 6.11. The van der Waals surface area contributed by atoms with Gasteiger partial charge in [-0.25, -0.2) is 0 Å². The van der Waals surface area contributed by atoms with E-state index in [4.69, 9.17) is 14.6 Å². The van der Waals surface area contributed by atoms with Crippen LogP contribution in [0.2, 0.25) is 0 Å². The van der Waals surface area contributed by atoms with Crippen LogP contribution in [0.15, 0.2) is 0 Å². The lowest BCUT2D eigenvalue weighted by molar-refractivity contribution is -0.238. The molecule has 4 atom stereocenters. The van der Waals surface area contributed by atoms with E-state index in [1.165, 1.54) is 12.8 Å². The number of aliphatic hydroxyl groups is 1. The van der Waals surface area contributed by atoms with Crippen molar-refractivity contribution in [3.63, 3.8) is 0 Å². The molecule has 1 aliphatic heterocycles. The molecular weight excluding hydrogens is 216 g/mol. The molecule has 0 aromatic carbocycles. The first-order valence-corrected chi connectivity index (χ1v) is 7.00. The molecule has 2 fully saturated rings. The number of hydrogen-bond donors (Lipinski definition) is 1. The van der Waals surface area contributed by atoms with Gasteiger partial charge in [0, 0.05) is 18.9 Å². The highest BCUT2D eigenvalue weighted by Crippen LogP contribution is 2.47. The number of hydrogen-bond acceptors (Lipinski definition) is 3. The molecule has 3 nitrogen and oxygen atoms in total. The van der Waals surface area contributed by atoms with E-state index >= 15 is 0 Å². The van der Waals surface area contributed by atoms with Crippen molar-refractivity contribution in [1.82, 2.24) is 0 Å².